The fourth-order valence-corrected chi connectivity index (χ4v) is 11.2. The third kappa shape index (κ3) is 10.3. The Bertz CT molecular complexity index is 1530. The van der Waals surface area contributed by atoms with Crippen molar-refractivity contribution in [2.75, 3.05) is 31.6 Å². The van der Waals surface area contributed by atoms with Crippen LogP contribution < -0.4 is 4.90 Å². The Kier molecular flexibility index (Phi) is 12.7. The molecule has 0 aromatic carbocycles. The van der Waals surface area contributed by atoms with Crippen molar-refractivity contribution in [3.05, 3.63) is 26.7 Å². The first-order valence-corrected chi connectivity index (χ1v) is 30.6. The zero-order valence-corrected chi connectivity index (χ0v) is 38.1. The second kappa shape index (κ2) is 15.7. The van der Waals surface area contributed by atoms with Crippen molar-refractivity contribution in [3.63, 3.8) is 0 Å². The second-order valence-corrected chi connectivity index (χ2v) is 36.8. The lowest BCUT2D eigenvalue weighted by Gasteiger charge is -2.35. The molecule has 0 aliphatic heterocycles. The predicted molar refractivity (Wildman–Crippen MR) is 222 cm³/mol. The van der Waals surface area contributed by atoms with Crippen molar-refractivity contribution in [1.29, 1.82) is 0 Å². The Balaban J connectivity index is 1.52. The summed E-state index contributed by atoms with van der Waals surface area (Å²) in [6, 6.07) is 2.27. The van der Waals surface area contributed by atoms with E-state index in [9.17, 15) is 0 Å². The number of hydrogen-bond donors (Lipinski definition) is 0. The van der Waals surface area contributed by atoms with Gasteiger partial charge in [-0.05, 0) is 83.9 Å². The van der Waals surface area contributed by atoms with E-state index in [-0.39, 0.29) is 5.04 Å². The first-order chi connectivity index (χ1) is 22.8. The van der Waals surface area contributed by atoms with E-state index in [1.165, 1.54) is 41.4 Å². The highest BCUT2D eigenvalue weighted by atomic mass is 127. The molecule has 8 nitrogen and oxygen atoms in total. The number of rotatable bonds is 16. The van der Waals surface area contributed by atoms with E-state index in [0.29, 0.717) is 26.0 Å². The molecule has 1 unspecified atom stereocenters. The average molecular weight is 856 g/mol. The van der Waals surface area contributed by atoms with Gasteiger partial charge in [0.05, 0.1) is 32.5 Å². The number of hydrogen-bond acceptors (Lipinski definition) is 8. The van der Waals surface area contributed by atoms with Gasteiger partial charge in [0.2, 0.25) is 0 Å². The zero-order chi connectivity index (χ0) is 35.8. The highest BCUT2D eigenvalue weighted by molar-refractivity contribution is 14.1. The molecule has 0 spiro atoms. The first kappa shape index (κ1) is 39.5. The van der Waals surface area contributed by atoms with E-state index in [2.05, 4.69) is 101 Å². The molecule has 49 heavy (non-hydrogen) atoms. The highest BCUT2D eigenvalue weighted by Gasteiger charge is 2.39. The molecule has 2 aliphatic carbocycles. The fourth-order valence-electron chi connectivity index (χ4n) is 6.65. The number of ether oxygens (including phenoxy) is 2. The van der Waals surface area contributed by atoms with Crippen molar-refractivity contribution < 1.29 is 13.9 Å². The van der Waals surface area contributed by atoms with E-state index in [1.54, 1.807) is 11.3 Å². The molecule has 13 heteroatoms. The molecule has 5 rings (SSSR count). The second-order valence-electron chi connectivity index (χ2n) is 18.5. The molecular formula is C36H62IN5O3SSi3. The Morgan fingerprint density at radius 1 is 0.898 bits per heavy atom. The number of halogens is 1. The zero-order valence-electron chi connectivity index (χ0n) is 32.1. The standard InChI is InChI=1S/C36H62IN5O3SSi3/c1-36(2,3)49(10,11)45-23-31-38-22-30(46-31)29-21-39-42-34(29)40-33(28-19-26-12-13-27(18-26)20-28)32(37)35(42)41(24-43-14-16-47(4,5)6)25-44-15-17-48(7,8)9/h21-22,26-28H,12-20,23-25H2,1-11H3/t26-,27+,28?. The third-order valence-electron chi connectivity index (χ3n) is 10.8. The normalized spacial score (nSPS) is 20.4. The molecule has 3 atom stereocenters. The van der Waals surface area contributed by atoms with Gasteiger partial charge in [0, 0.05) is 41.5 Å². The maximum atomic E-state index is 6.54. The van der Waals surface area contributed by atoms with E-state index < -0.39 is 24.5 Å². The number of fused-ring (bicyclic) bond motifs is 3. The van der Waals surface area contributed by atoms with Gasteiger partial charge in [-0.25, -0.2) is 9.97 Å². The molecule has 2 aliphatic rings. The minimum Gasteiger partial charge on any atom is -0.410 e. The van der Waals surface area contributed by atoms with Crippen LogP contribution in [0.4, 0.5) is 5.82 Å². The van der Waals surface area contributed by atoms with Crippen molar-refractivity contribution in [2.24, 2.45) is 11.8 Å². The van der Waals surface area contributed by atoms with Crippen LogP contribution in [0.5, 0.6) is 0 Å². The van der Waals surface area contributed by atoms with E-state index in [0.717, 1.165) is 64.1 Å². The van der Waals surface area contributed by atoms with Crippen LogP contribution in [-0.4, -0.2) is 70.7 Å². The molecule has 3 aromatic heterocycles. The summed E-state index contributed by atoms with van der Waals surface area (Å²) in [5, 5.41) is 6.19. The summed E-state index contributed by atoms with van der Waals surface area (Å²) in [6.45, 7) is 28.9. The van der Waals surface area contributed by atoms with E-state index in [1.807, 2.05) is 16.9 Å². The maximum absolute atomic E-state index is 6.54. The van der Waals surface area contributed by atoms with Crippen LogP contribution in [0.25, 0.3) is 16.1 Å². The predicted octanol–water partition coefficient (Wildman–Crippen LogP) is 10.7. The molecule has 3 heterocycles. The van der Waals surface area contributed by atoms with Gasteiger partial charge < -0.3 is 18.8 Å². The molecule has 0 radical (unpaired) electrons. The van der Waals surface area contributed by atoms with E-state index in [4.69, 9.17) is 29.0 Å². The van der Waals surface area contributed by atoms with Gasteiger partial charge in [-0.15, -0.1) is 11.3 Å². The molecule has 2 bridgehead atoms. The Morgan fingerprint density at radius 2 is 1.49 bits per heavy atom. The molecule has 0 amide bonds. The van der Waals surface area contributed by atoms with Crippen LogP contribution in [0, 0.1) is 15.4 Å². The lowest BCUT2D eigenvalue weighted by Crippen LogP contribution is -2.40. The molecule has 3 aromatic rings. The highest BCUT2D eigenvalue weighted by Crippen LogP contribution is 2.49. The van der Waals surface area contributed by atoms with Crippen LogP contribution >= 0.6 is 33.9 Å². The van der Waals surface area contributed by atoms with Gasteiger partial charge in [-0.3, -0.25) is 0 Å². The monoisotopic (exact) mass is 855 g/mol. The number of nitrogens with zero attached hydrogens (tertiary/aromatic N) is 5. The Morgan fingerprint density at radius 3 is 2.04 bits per heavy atom. The quantitative estimate of drug-likeness (QED) is 0.0615. The SMILES string of the molecule is CC(C)(C)[Si](C)(C)OCc1ncc(-c2cnn3c(N(COCC[Si](C)(C)C)COCC[Si](C)(C)C)c(I)c(C4C[C@H]5CC[C@@H](C4)C5)nc23)s1. The molecule has 274 valence electrons. The summed E-state index contributed by atoms with van der Waals surface area (Å²) in [5.41, 5.74) is 3.16. The largest absolute Gasteiger partial charge is 0.410 e. The molecule has 2 fully saturated rings. The summed E-state index contributed by atoms with van der Waals surface area (Å²) < 4.78 is 22.6. The molecule has 0 N–H and O–H groups in total. The lowest BCUT2D eigenvalue weighted by molar-refractivity contribution is 0.0940. The van der Waals surface area contributed by atoms with Crippen molar-refractivity contribution in [2.45, 2.75) is 135 Å². The topological polar surface area (TPSA) is 74.0 Å². The number of thiazole rings is 1. The summed E-state index contributed by atoms with van der Waals surface area (Å²) >= 11 is 4.26. The maximum Gasteiger partial charge on any atom is 0.192 e. The van der Waals surface area contributed by atoms with E-state index >= 15 is 0 Å². The van der Waals surface area contributed by atoms with Gasteiger partial charge in [-0.2, -0.15) is 9.61 Å². The minimum atomic E-state index is -1.88. The van der Waals surface area contributed by atoms with Gasteiger partial charge >= 0.3 is 0 Å². The van der Waals surface area contributed by atoms with Gasteiger partial charge in [-0.1, -0.05) is 72.9 Å². The third-order valence-corrected chi connectivity index (χ3v) is 20.8. The Hall–Kier alpha value is -0.689. The average Bonchev–Trinajstić information content (AvgIpc) is 3.71. The van der Waals surface area contributed by atoms with Crippen LogP contribution in [0.2, 0.25) is 69.5 Å². The summed E-state index contributed by atoms with van der Waals surface area (Å²) in [4.78, 5) is 13.7. The van der Waals surface area contributed by atoms with Crippen LogP contribution in [0.15, 0.2) is 12.4 Å². The summed E-state index contributed by atoms with van der Waals surface area (Å²) in [5.74, 6) is 3.14. The fraction of sp³-hybridized carbons (Fsp3) is 0.750. The molecule has 2 saturated carbocycles. The number of anilines is 1. The van der Waals surface area contributed by atoms with Gasteiger partial charge in [0.1, 0.15) is 18.5 Å². The molecule has 0 saturated heterocycles. The number of aromatic nitrogens is 4. The smallest absolute Gasteiger partial charge is 0.192 e. The van der Waals surface area contributed by atoms with Crippen LogP contribution in [0.1, 0.15) is 69.5 Å². The molecular weight excluding hydrogens is 794 g/mol. The van der Waals surface area contributed by atoms with Crippen molar-refractivity contribution in [1.82, 2.24) is 19.6 Å². The van der Waals surface area contributed by atoms with Gasteiger partial charge in [0.15, 0.2) is 19.8 Å². The summed E-state index contributed by atoms with van der Waals surface area (Å²) in [6.07, 6.45) is 10.6. The lowest BCUT2D eigenvalue weighted by atomic mass is 9.79. The first-order valence-electron chi connectivity index (χ1n) is 18.4. The summed E-state index contributed by atoms with van der Waals surface area (Å²) in [7, 11) is -4.33. The van der Waals surface area contributed by atoms with Gasteiger partial charge in [0.25, 0.3) is 0 Å². The Labute approximate surface area is 316 Å². The minimum absolute atomic E-state index is 0.157. The van der Waals surface area contributed by atoms with Crippen molar-refractivity contribution in [3.8, 4) is 10.4 Å². The van der Waals surface area contributed by atoms with Crippen LogP contribution in [-0.2, 0) is 20.5 Å². The van der Waals surface area contributed by atoms with Crippen molar-refractivity contribution >= 4 is 69.9 Å². The van der Waals surface area contributed by atoms with Crippen LogP contribution in [0.3, 0.4) is 0 Å².